The van der Waals surface area contributed by atoms with Crippen LogP contribution in [-0.2, 0) is 0 Å². The molecule has 158 valence electrons. The van der Waals surface area contributed by atoms with Crippen molar-refractivity contribution >= 4 is 33.0 Å². The highest BCUT2D eigenvalue weighted by atomic mass is 79.9. The number of rotatable bonds is 6. The topological polar surface area (TPSA) is 56.5 Å². The summed E-state index contributed by atoms with van der Waals surface area (Å²) in [5.41, 5.74) is 3.63. The molecule has 0 atom stereocenters. The summed E-state index contributed by atoms with van der Waals surface area (Å²) in [5, 5.41) is 5.11. The SMILES string of the molecule is CCOc1cc(C)c(C=Nn2c(C(C)C)nc3ccc(Br)cc3c2=O)cc1C(C)C. The molecule has 1 heterocycles. The Bertz CT molecular complexity index is 1160. The summed E-state index contributed by atoms with van der Waals surface area (Å²) in [7, 11) is 0. The van der Waals surface area contributed by atoms with Gasteiger partial charge in [0.05, 0.1) is 23.7 Å². The fraction of sp³-hybridized carbons (Fsp3) is 0.375. The average Bonchev–Trinajstić information content (AvgIpc) is 2.68. The van der Waals surface area contributed by atoms with Gasteiger partial charge in [-0.25, -0.2) is 4.98 Å². The van der Waals surface area contributed by atoms with Crippen LogP contribution in [0, 0.1) is 6.92 Å². The molecule has 5 nitrogen and oxygen atoms in total. The van der Waals surface area contributed by atoms with Crippen LogP contribution < -0.4 is 10.3 Å². The van der Waals surface area contributed by atoms with Crippen molar-refractivity contribution in [3.05, 3.63) is 67.7 Å². The van der Waals surface area contributed by atoms with Gasteiger partial charge in [-0.15, -0.1) is 0 Å². The van der Waals surface area contributed by atoms with E-state index in [2.05, 4.69) is 40.9 Å². The third-order valence-corrected chi connectivity index (χ3v) is 5.48. The molecule has 0 aliphatic heterocycles. The first-order valence-corrected chi connectivity index (χ1v) is 11.1. The number of aromatic nitrogens is 2. The number of fused-ring (bicyclic) bond motifs is 1. The molecule has 0 fully saturated rings. The molecule has 0 amide bonds. The van der Waals surface area contributed by atoms with Crippen LogP contribution in [-0.4, -0.2) is 22.5 Å². The standard InChI is InChI=1S/C24H28BrN3O2/c1-7-30-22-10-16(6)17(11-19(22)14(2)3)13-26-28-23(15(4)5)27-21-9-8-18(25)12-20(21)24(28)29/h8-15H,7H2,1-6H3. The van der Waals surface area contributed by atoms with E-state index in [4.69, 9.17) is 9.72 Å². The van der Waals surface area contributed by atoms with Gasteiger partial charge in [0.1, 0.15) is 11.6 Å². The molecule has 3 aromatic rings. The Morgan fingerprint density at radius 1 is 1.17 bits per heavy atom. The summed E-state index contributed by atoms with van der Waals surface area (Å²) in [6.45, 7) is 12.9. The zero-order chi connectivity index (χ0) is 22.0. The van der Waals surface area contributed by atoms with E-state index in [1.165, 1.54) is 4.68 Å². The van der Waals surface area contributed by atoms with E-state index in [0.717, 1.165) is 26.9 Å². The van der Waals surface area contributed by atoms with Crippen molar-refractivity contribution in [2.24, 2.45) is 5.10 Å². The lowest BCUT2D eigenvalue weighted by atomic mass is 9.97. The Kier molecular flexibility index (Phi) is 6.76. The van der Waals surface area contributed by atoms with Crippen molar-refractivity contribution in [3.63, 3.8) is 0 Å². The van der Waals surface area contributed by atoms with Gasteiger partial charge in [0, 0.05) is 10.4 Å². The zero-order valence-electron chi connectivity index (χ0n) is 18.4. The van der Waals surface area contributed by atoms with Crippen molar-refractivity contribution in [3.8, 4) is 5.75 Å². The third-order valence-electron chi connectivity index (χ3n) is 4.98. The first-order valence-electron chi connectivity index (χ1n) is 10.3. The number of hydrogen-bond donors (Lipinski definition) is 0. The predicted molar refractivity (Wildman–Crippen MR) is 127 cm³/mol. The van der Waals surface area contributed by atoms with Crippen molar-refractivity contribution in [2.75, 3.05) is 6.61 Å². The molecule has 6 heteroatoms. The van der Waals surface area contributed by atoms with Gasteiger partial charge >= 0.3 is 0 Å². The normalized spacial score (nSPS) is 11.9. The van der Waals surface area contributed by atoms with Gasteiger partial charge in [-0.1, -0.05) is 43.6 Å². The van der Waals surface area contributed by atoms with Crippen LogP contribution in [0.25, 0.3) is 10.9 Å². The molecule has 0 saturated carbocycles. The Balaban J connectivity index is 2.16. The van der Waals surface area contributed by atoms with Crippen LogP contribution in [0.5, 0.6) is 5.75 Å². The van der Waals surface area contributed by atoms with E-state index < -0.39 is 0 Å². The van der Waals surface area contributed by atoms with E-state index in [-0.39, 0.29) is 11.5 Å². The quantitative estimate of drug-likeness (QED) is 0.416. The Hall–Kier alpha value is -2.47. The van der Waals surface area contributed by atoms with Gasteiger partial charge in [-0.3, -0.25) is 4.79 Å². The maximum atomic E-state index is 13.2. The van der Waals surface area contributed by atoms with Gasteiger partial charge in [-0.2, -0.15) is 9.78 Å². The van der Waals surface area contributed by atoms with Crippen LogP contribution >= 0.6 is 15.9 Å². The molecular formula is C24H28BrN3O2. The summed E-state index contributed by atoms with van der Waals surface area (Å²) < 4.78 is 8.07. The number of nitrogens with zero attached hydrogens (tertiary/aromatic N) is 3. The first kappa shape index (κ1) is 22.2. The van der Waals surface area contributed by atoms with Crippen molar-refractivity contribution in [1.82, 2.24) is 9.66 Å². The molecule has 0 unspecified atom stereocenters. The lowest BCUT2D eigenvalue weighted by Crippen LogP contribution is -2.23. The fourth-order valence-corrected chi connectivity index (χ4v) is 3.72. The Labute approximate surface area is 185 Å². The molecule has 1 aromatic heterocycles. The predicted octanol–water partition coefficient (Wildman–Crippen LogP) is 6.00. The lowest BCUT2D eigenvalue weighted by Gasteiger charge is -2.16. The van der Waals surface area contributed by atoms with Crippen molar-refractivity contribution in [1.29, 1.82) is 0 Å². The van der Waals surface area contributed by atoms with Gasteiger partial charge in [0.2, 0.25) is 0 Å². The summed E-state index contributed by atoms with van der Waals surface area (Å²) in [4.78, 5) is 17.9. The Morgan fingerprint density at radius 3 is 2.53 bits per heavy atom. The summed E-state index contributed by atoms with van der Waals surface area (Å²) in [6.07, 6.45) is 1.75. The monoisotopic (exact) mass is 469 g/mol. The smallest absolute Gasteiger partial charge is 0.282 e. The van der Waals surface area contributed by atoms with E-state index in [1.807, 2.05) is 45.9 Å². The maximum Gasteiger partial charge on any atom is 0.282 e. The van der Waals surface area contributed by atoms with Gasteiger partial charge in [0.15, 0.2) is 0 Å². The summed E-state index contributed by atoms with van der Waals surface area (Å²) in [6, 6.07) is 9.68. The zero-order valence-corrected chi connectivity index (χ0v) is 19.9. The van der Waals surface area contributed by atoms with E-state index >= 15 is 0 Å². The highest BCUT2D eigenvalue weighted by molar-refractivity contribution is 9.10. The minimum Gasteiger partial charge on any atom is -0.494 e. The molecule has 0 radical (unpaired) electrons. The van der Waals surface area contributed by atoms with Gasteiger partial charge in [0.25, 0.3) is 5.56 Å². The van der Waals surface area contributed by atoms with Crippen LogP contribution in [0.3, 0.4) is 0 Å². The number of aryl methyl sites for hydroxylation is 1. The molecular weight excluding hydrogens is 442 g/mol. The molecule has 0 saturated heterocycles. The third kappa shape index (κ3) is 4.48. The molecule has 0 spiro atoms. The highest BCUT2D eigenvalue weighted by Crippen LogP contribution is 2.29. The van der Waals surface area contributed by atoms with Crippen molar-refractivity contribution < 1.29 is 4.74 Å². The minimum absolute atomic E-state index is 0.0514. The molecule has 0 bridgehead atoms. The lowest BCUT2D eigenvalue weighted by molar-refractivity contribution is 0.335. The highest BCUT2D eigenvalue weighted by Gasteiger charge is 2.15. The number of halogens is 1. The molecule has 0 N–H and O–H groups in total. The molecule has 3 rings (SSSR count). The Morgan fingerprint density at radius 2 is 1.90 bits per heavy atom. The van der Waals surface area contributed by atoms with Gasteiger partial charge < -0.3 is 4.74 Å². The first-order chi connectivity index (χ1) is 14.2. The number of hydrogen-bond acceptors (Lipinski definition) is 4. The molecule has 2 aromatic carbocycles. The number of ether oxygens (including phenoxy) is 1. The molecule has 30 heavy (non-hydrogen) atoms. The summed E-state index contributed by atoms with van der Waals surface area (Å²) >= 11 is 3.44. The van der Waals surface area contributed by atoms with E-state index in [1.54, 1.807) is 12.3 Å². The van der Waals surface area contributed by atoms with Crippen LogP contribution in [0.4, 0.5) is 0 Å². The minimum atomic E-state index is -0.172. The van der Waals surface area contributed by atoms with E-state index in [0.29, 0.717) is 29.3 Å². The summed E-state index contributed by atoms with van der Waals surface area (Å²) in [5.74, 6) is 1.90. The van der Waals surface area contributed by atoms with Gasteiger partial charge in [-0.05, 0) is 66.8 Å². The average molecular weight is 470 g/mol. The second-order valence-corrected chi connectivity index (χ2v) is 8.90. The molecule has 0 aliphatic carbocycles. The number of benzene rings is 2. The van der Waals surface area contributed by atoms with Crippen LogP contribution in [0.1, 0.15) is 69.0 Å². The largest absolute Gasteiger partial charge is 0.494 e. The second kappa shape index (κ2) is 9.13. The molecule has 0 aliphatic rings. The maximum absolute atomic E-state index is 13.2. The van der Waals surface area contributed by atoms with E-state index in [9.17, 15) is 4.79 Å². The van der Waals surface area contributed by atoms with Crippen LogP contribution in [0.15, 0.2) is 44.7 Å². The fourth-order valence-electron chi connectivity index (χ4n) is 3.36. The van der Waals surface area contributed by atoms with Crippen molar-refractivity contribution in [2.45, 2.75) is 53.4 Å². The second-order valence-electron chi connectivity index (χ2n) is 7.98. The van der Waals surface area contributed by atoms with Crippen LogP contribution in [0.2, 0.25) is 0 Å².